The Morgan fingerprint density at radius 3 is 2.77 bits per heavy atom. The average molecular weight is 353 g/mol. The lowest BCUT2D eigenvalue weighted by Crippen LogP contribution is -2.44. The zero-order valence-corrected chi connectivity index (χ0v) is 15.2. The van der Waals surface area contributed by atoms with E-state index in [2.05, 4.69) is 16.8 Å². The van der Waals surface area contributed by atoms with Crippen molar-refractivity contribution in [1.29, 1.82) is 0 Å². The SMILES string of the molecule is CCN1C(COC)CCO/C(=C(\CS(C)(=O)=O)N=CCl)[C@H]1C. The molecule has 1 heterocycles. The van der Waals surface area contributed by atoms with E-state index in [0.29, 0.717) is 24.7 Å². The van der Waals surface area contributed by atoms with Gasteiger partial charge >= 0.3 is 0 Å². The Morgan fingerprint density at radius 1 is 1.59 bits per heavy atom. The van der Waals surface area contributed by atoms with Gasteiger partial charge in [-0.3, -0.25) is 4.90 Å². The predicted octanol–water partition coefficient (Wildman–Crippen LogP) is 1.66. The Balaban J connectivity index is 3.21. The van der Waals surface area contributed by atoms with Crippen molar-refractivity contribution in [2.75, 3.05) is 38.9 Å². The summed E-state index contributed by atoms with van der Waals surface area (Å²) in [5.74, 6) is 0.380. The summed E-state index contributed by atoms with van der Waals surface area (Å²) in [5, 5.41) is 0. The van der Waals surface area contributed by atoms with E-state index in [-0.39, 0.29) is 17.8 Å². The van der Waals surface area contributed by atoms with Gasteiger partial charge in [-0.25, -0.2) is 13.4 Å². The van der Waals surface area contributed by atoms with Gasteiger partial charge in [0.05, 0.1) is 36.4 Å². The van der Waals surface area contributed by atoms with Crippen LogP contribution < -0.4 is 0 Å². The monoisotopic (exact) mass is 352 g/mol. The highest BCUT2D eigenvalue weighted by Gasteiger charge is 2.31. The highest BCUT2D eigenvalue weighted by molar-refractivity contribution is 7.90. The lowest BCUT2D eigenvalue weighted by atomic mass is 10.1. The molecular weight excluding hydrogens is 328 g/mol. The zero-order chi connectivity index (χ0) is 16.8. The minimum absolute atomic E-state index is 0.0928. The summed E-state index contributed by atoms with van der Waals surface area (Å²) in [6.07, 6.45) is 1.98. The van der Waals surface area contributed by atoms with Gasteiger partial charge < -0.3 is 9.47 Å². The molecule has 6 nitrogen and oxygen atoms in total. The molecule has 0 aliphatic carbocycles. The van der Waals surface area contributed by atoms with E-state index in [1.54, 1.807) is 7.11 Å². The van der Waals surface area contributed by atoms with E-state index in [0.717, 1.165) is 18.6 Å². The van der Waals surface area contributed by atoms with Crippen molar-refractivity contribution in [3.05, 3.63) is 11.5 Å². The van der Waals surface area contributed by atoms with Crippen LogP contribution in [-0.2, 0) is 19.3 Å². The van der Waals surface area contributed by atoms with Gasteiger partial charge in [0.15, 0.2) is 9.84 Å². The van der Waals surface area contributed by atoms with E-state index in [1.807, 2.05) is 6.92 Å². The fourth-order valence-corrected chi connectivity index (χ4v) is 3.60. The maximum atomic E-state index is 11.6. The maximum absolute atomic E-state index is 11.6. The van der Waals surface area contributed by atoms with Crippen molar-refractivity contribution >= 4 is 27.1 Å². The summed E-state index contributed by atoms with van der Waals surface area (Å²) >= 11 is 5.57. The number of hydrogen-bond donors (Lipinski definition) is 0. The lowest BCUT2D eigenvalue weighted by molar-refractivity contribution is 0.0794. The Bertz CT molecular complexity index is 519. The summed E-state index contributed by atoms with van der Waals surface area (Å²) in [6, 6.07) is 0.131. The number of ether oxygens (including phenoxy) is 2. The van der Waals surface area contributed by atoms with Gasteiger partial charge in [-0.15, -0.1) is 0 Å². The molecular formula is C14H25ClN2O4S. The summed E-state index contributed by atoms with van der Waals surface area (Å²) in [4.78, 5) is 6.26. The van der Waals surface area contributed by atoms with Crippen LogP contribution in [0.2, 0.25) is 0 Å². The molecule has 0 saturated carbocycles. The number of aliphatic imine (C=N–C) groups is 1. The highest BCUT2D eigenvalue weighted by atomic mass is 35.5. The van der Waals surface area contributed by atoms with Crippen molar-refractivity contribution < 1.29 is 17.9 Å². The molecule has 8 heteroatoms. The summed E-state index contributed by atoms with van der Waals surface area (Å²) in [6.45, 7) is 5.95. The van der Waals surface area contributed by atoms with Gasteiger partial charge in [0.2, 0.25) is 0 Å². The molecule has 2 atom stereocenters. The van der Waals surface area contributed by atoms with Gasteiger partial charge in [0.1, 0.15) is 5.76 Å². The van der Waals surface area contributed by atoms with Crippen LogP contribution in [0.3, 0.4) is 0 Å². The van der Waals surface area contributed by atoms with Crippen LogP contribution in [0.5, 0.6) is 0 Å². The van der Waals surface area contributed by atoms with Gasteiger partial charge in [0.25, 0.3) is 0 Å². The number of rotatable bonds is 6. The van der Waals surface area contributed by atoms with Crippen LogP contribution in [0.25, 0.3) is 0 Å². The second kappa shape index (κ2) is 8.86. The third kappa shape index (κ3) is 5.53. The number of likely N-dealkylation sites (N-methyl/N-ethyl adjacent to an activating group) is 1. The van der Waals surface area contributed by atoms with Crippen molar-refractivity contribution in [3.63, 3.8) is 0 Å². The van der Waals surface area contributed by atoms with Crippen LogP contribution in [0.15, 0.2) is 16.4 Å². The fraction of sp³-hybridized carbons (Fsp3) is 0.786. The molecule has 22 heavy (non-hydrogen) atoms. The molecule has 1 rings (SSSR count). The molecule has 1 fully saturated rings. The smallest absolute Gasteiger partial charge is 0.153 e. The summed E-state index contributed by atoms with van der Waals surface area (Å²) < 4.78 is 34.4. The number of sulfone groups is 1. The number of methoxy groups -OCH3 is 1. The predicted molar refractivity (Wildman–Crippen MR) is 89.2 cm³/mol. The largest absolute Gasteiger partial charge is 0.494 e. The molecule has 0 radical (unpaired) electrons. The third-order valence-corrected chi connectivity index (χ3v) is 4.56. The molecule has 1 saturated heterocycles. The standard InChI is InChI=1S/C14H25ClN2O4S/c1-5-17-11(2)14(21-7-6-12(17)8-20-3)13(16-10-15)9-22(4,18)19/h10-12H,5-9H2,1-4H3/b14-13+,16-10?/t11-,12?/m1/s1. The molecule has 0 N–H and O–H groups in total. The Hall–Kier alpha value is -0.630. The molecule has 0 bridgehead atoms. The maximum Gasteiger partial charge on any atom is 0.153 e. The molecule has 0 spiro atoms. The molecule has 0 aromatic rings. The van der Waals surface area contributed by atoms with Crippen molar-refractivity contribution in [1.82, 2.24) is 4.90 Å². The average Bonchev–Trinajstić information content (AvgIpc) is 2.56. The molecule has 1 aliphatic rings. The molecule has 1 unspecified atom stereocenters. The molecule has 1 aliphatic heterocycles. The molecule has 0 aromatic carbocycles. The second-order valence-corrected chi connectivity index (χ2v) is 7.70. The topological polar surface area (TPSA) is 68.2 Å². The fourth-order valence-electron chi connectivity index (χ4n) is 2.77. The van der Waals surface area contributed by atoms with E-state index >= 15 is 0 Å². The summed E-state index contributed by atoms with van der Waals surface area (Å²) in [5.41, 5.74) is 1.44. The minimum Gasteiger partial charge on any atom is -0.494 e. The van der Waals surface area contributed by atoms with Crippen molar-refractivity contribution in [2.24, 2.45) is 4.99 Å². The van der Waals surface area contributed by atoms with Crippen LogP contribution in [0, 0.1) is 0 Å². The Kier molecular flexibility index (Phi) is 7.82. The van der Waals surface area contributed by atoms with E-state index in [1.165, 1.54) is 6.26 Å². The first kappa shape index (κ1) is 19.4. The van der Waals surface area contributed by atoms with E-state index in [9.17, 15) is 8.42 Å². The minimum atomic E-state index is -3.23. The zero-order valence-electron chi connectivity index (χ0n) is 13.6. The van der Waals surface area contributed by atoms with Crippen LogP contribution in [0.1, 0.15) is 20.3 Å². The van der Waals surface area contributed by atoms with Gasteiger partial charge in [0, 0.05) is 19.4 Å². The second-order valence-electron chi connectivity index (χ2n) is 5.36. The lowest BCUT2D eigenvalue weighted by Gasteiger charge is -2.32. The Labute approximate surface area is 138 Å². The third-order valence-electron chi connectivity index (χ3n) is 3.67. The highest BCUT2D eigenvalue weighted by Crippen LogP contribution is 2.25. The molecule has 128 valence electrons. The first-order valence-electron chi connectivity index (χ1n) is 7.25. The number of halogens is 1. The van der Waals surface area contributed by atoms with Crippen LogP contribution in [0.4, 0.5) is 0 Å². The van der Waals surface area contributed by atoms with Gasteiger partial charge in [-0.05, 0) is 19.9 Å². The number of nitrogens with zero attached hydrogens (tertiary/aromatic N) is 2. The first-order valence-corrected chi connectivity index (χ1v) is 9.74. The molecule has 0 aromatic heterocycles. The first-order chi connectivity index (χ1) is 10.3. The van der Waals surface area contributed by atoms with E-state index < -0.39 is 9.84 Å². The number of hydrogen-bond acceptors (Lipinski definition) is 6. The van der Waals surface area contributed by atoms with Gasteiger partial charge in [-0.2, -0.15) is 0 Å². The van der Waals surface area contributed by atoms with Crippen molar-refractivity contribution in [3.8, 4) is 0 Å². The van der Waals surface area contributed by atoms with Crippen molar-refractivity contribution in [2.45, 2.75) is 32.4 Å². The normalized spacial score (nSPS) is 26.8. The van der Waals surface area contributed by atoms with Crippen LogP contribution in [-0.4, -0.2) is 70.0 Å². The van der Waals surface area contributed by atoms with Gasteiger partial charge in [-0.1, -0.05) is 18.5 Å². The summed E-state index contributed by atoms with van der Waals surface area (Å²) in [7, 11) is -1.56. The Morgan fingerprint density at radius 2 is 2.27 bits per heavy atom. The van der Waals surface area contributed by atoms with E-state index in [4.69, 9.17) is 21.1 Å². The molecule has 0 amide bonds. The van der Waals surface area contributed by atoms with Crippen LogP contribution >= 0.6 is 11.6 Å². The quantitative estimate of drug-likeness (QED) is 0.680.